The van der Waals surface area contributed by atoms with Gasteiger partial charge in [0, 0.05) is 0 Å². The van der Waals surface area contributed by atoms with Gasteiger partial charge in [-0.15, -0.1) is 0 Å². The van der Waals surface area contributed by atoms with Crippen molar-refractivity contribution in [3.63, 3.8) is 0 Å². The maximum absolute atomic E-state index is 13.2. The fraction of sp³-hybridized carbons (Fsp3) is 0.176. The Kier molecular flexibility index (Phi) is 4.75. The maximum Gasteiger partial charge on any atom is 0.135 e. The van der Waals surface area contributed by atoms with Crippen LogP contribution in [0.2, 0.25) is 0 Å². The number of rotatable bonds is 3. The number of benzene rings is 2. The van der Waals surface area contributed by atoms with Crippen molar-refractivity contribution in [2.75, 3.05) is 6.54 Å². The first-order chi connectivity index (χ1) is 9.69. The smallest absolute Gasteiger partial charge is 0.135 e. The highest BCUT2D eigenvalue weighted by Gasteiger charge is 2.04. The normalized spacial score (nSPS) is 9.75. The summed E-state index contributed by atoms with van der Waals surface area (Å²) in [4.78, 5) is 0. The first-order valence-corrected chi connectivity index (χ1v) is 6.36. The molecule has 0 amide bonds. The minimum atomic E-state index is -0.339. The van der Waals surface area contributed by atoms with Gasteiger partial charge in [0.15, 0.2) is 0 Å². The molecular formula is C17H16FNO. The summed E-state index contributed by atoms with van der Waals surface area (Å²) >= 11 is 0. The number of aryl methyl sites for hydroxylation is 1. The predicted octanol–water partition coefficient (Wildman–Crippen LogP) is 3.02. The topological polar surface area (TPSA) is 35.2 Å². The van der Waals surface area contributed by atoms with Gasteiger partial charge in [-0.05, 0) is 30.7 Å². The molecule has 2 nitrogen and oxygen atoms in total. The van der Waals surface area contributed by atoms with Crippen LogP contribution < -0.4 is 10.5 Å². The molecule has 0 aliphatic rings. The number of hydrogen-bond acceptors (Lipinski definition) is 2. The number of ether oxygens (including phenoxy) is 1. The van der Waals surface area contributed by atoms with Crippen LogP contribution in [-0.2, 0) is 6.61 Å². The van der Waals surface area contributed by atoms with Crippen molar-refractivity contribution < 1.29 is 9.13 Å². The molecule has 0 fully saturated rings. The van der Waals surface area contributed by atoms with E-state index in [1.807, 2.05) is 25.1 Å². The molecule has 20 heavy (non-hydrogen) atoms. The van der Waals surface area contributed by atoms with Gasteiger partial charge in [-0.25, -0.2) is 4.39 Å². The van der Waals surface area contributed by atoms with Gasteiger partial charge in [-0.2, -0.15) is 0 Å². The molecule has 0 saturated carbocycles. The number of nitrogens with two attached hydrogens (primary N) is 1. The quantitative estimate of drug-likeness (QED) is 0.869. The van der Waals surface area contributed by atoms with Crippen LogP contribution in [0.25, 0.3) is 0 Å². The number of halogens is 1. The largest absolute Gasteiger partial charge is 0.488 e. The molecule has 2 aromatic carbocycles. The minimum Gasteiger partial charge on any atom is -0.488 e. The Labute approximate surface area is 118 Å². The van der Waals surface area contributed by atoms with Crippen LogP contribution in [0.4, 0.5) is 4.39 Å². The molecule has 0 atom stereocenters. The Hall–Kier alpha value is -2.31. The lowest BCUT2D eigenvalue weighted by Crippen LogP contribution is -1.99. The highest BCUT2D eigenvalue weighted by atomic mass is 19.1. The standard InChI is InChI=1S/C17H16FNO/c1-13-4-2-5-14(10-13)12-20-17-8-7-16(18)11-15(17)6-3-9-19/h2,4-5,7-8,10-11H,9,12,19H2,1H3. The monoisotopic (exact) mass is 269 g/mol. The van der Waals surface area contributed by atoms with Gasteiger partial charge < -0.3 is 10.5 Å². The average Bonchev–Trinajstić information content (AvgIpc) is 2.44. The summed E-state index contributed by atoms with van der Waals surface area (Å²) in [5, 5.41) is 0. The van der Waals surface area contributed by atoms with Crippen LogP contribution >= 0.6 is 0 Å². The van der Waals surface area contributed by atoms with Crippen molar-refractivity contribution in [3.8, 4) is 17.6 Å². The van der Waals surface area contributed by atoms with E-state index in [4.69, 9.17) is 10.5 Å². The summed E-state index contributed by atoms with van der Waals surface area (Å²) in [6, 6.07) is 12.4. The lowest BCUT2D eigenvalue weighted by Gasteiger charge is -2.09. The van der Waals surface area contributed by atoms with E-state index in [0.717, 1.165) is 5.56 Å². The molecule has 2 N–H and O–H groups in total. The summed E-state index contributed by atoms with van der Waals surface area (Å²) < 4.78 is 19.0. The van der Waals surface area contributed by atoms with E-state index >= 15 is 0 Å². The Balaban J connectivity index is 2.16. The molecule has 0 unspecified atom stereocenters. The van der Waals surface area contributed by atoms with Crippen molar-refractivity contribution in [2.24, 2.45) is 5.73 Å². The van der Waals surface area contributed by atoms with Crippen LogP contribution in [-0.4, -0.2) is 6.54 Å². The third-order valence-electron chi connectivity index (χ3n) is 2.74. The van der Waals surface area contributed by atoms with Gasteiger partial charge >= 0.3 is 0 Å². The molecule has 2 rings (SSSR count). The predicted molar refractivity (Wildman–Crippen MR) is 77.8 cm³/mol. The molecule has 102 valence electrons. The van der Waals surface area contributed by atoms with Crippen LogP contribution in [0.15, 0.2) is 42.5 Å². The van der Waals surface area contributed by atoms with Gasteiger partial charge in [-0.1, -0.05) is 41.7 Å². The van der Waals surface area contributed by atoms with Crippen LogP contribution in [0.5, 0.6) is 5.75 Å². The summed E-state index contributed by atoms with van der Waals surface area (Å²) in [7, 11) is 0. The molecule has 0 aliphatic heterocycles. The van der Waals surface area contributed by atoms with Gasteiger partial charge in [0.25, 0.3) is 0 Å². The third kappa shape index (κ3) is 3.84. The highest BCUT2D eigenvalue weighted by molar-refractivity contribution is 5.46. The molecular weight excluding hydrogens is 253 g/mol. The second-order valence-electron chi connectivity index (χ2n) is 4.42. The first kappa shape index (κ1) is 14.1. The molecule has 0 radical (unpaired) electrons. The molecule has 2 aromatic rings. The second-order valence-corrected chi connectivity index (χ2v) is 4.42. The lowest BCUT2D eigenvalue weighted by atomic mass is 10.1. The summed E-state index contributed by atoms with van der Waals surface area (Å²) in [6.07, 6.45) is 0. The fourth-order valence-electron chi connectivity index (χ4n) is 1.84. The Morgan fingerprint density at radius 2 is 2.05 bits per heavy atom. The zero-order chi connectivity index (χ0) is 14.4. The Bertz CT molecular complexity index is 656. The van der Waals surface area contributed by atoms with E-state index in [0.29, 0.717) is 17.9 Å². The van der Waals surface area contributed by atoms with Crippen LogP contribution in [0.3, 0.4) is 0 Å². The summed E-state index contributed by atoms with van der Waals surface area (Å²) in [5.41, 5.74) is 8.09. The van der Waals surface area contributed by atoms with Crippen molar-refractivity contribution >= 4 is 0 Å². The van der Waals surface area contributed by atoms with Crippen LogP contribution in [0.1, 0.15) is 16.7 Å². The van der Waals surface area contributed by atoms with Crippen LogP contribution in [0, 0.1) is 24.6 Å². The van der Waals surface area contributed by atoms with E-state index in [1.54, 1.807) is 6.07 Å². The Morgan fingerprint density at radius 1 is 1.20 bits per heavy atom. The van der Waals surface area contributed by atoms with Crippen molar-refractivity contribution in [1.29, 1.82) is 0 Å². The van der Waals surface area contributed by atoms with E-state index in [-0.39, 0.29) is 12.4 Å². The average molecular weight is 269 g/mol. The molecule has 0 bridgehead atoms. The lowest BCUT2D eigenvalue weighted by molar-refractivity contribution is 0.305. The Morgan fingerprint density at radius 3 is 2.80 bits per heavy atom. The number of hydrogen-bond donors (Lipinski definition) is 1. The van der Waals surface area contributed by atoms with E-state index in [2.05, 4.69) is 17.9 Å². The maximum atomic E-state index is 13.2. The van der Waals surface area contributed by atoms with Gasteiger partial charge in [0.1, 0.15) is 18.2 Å². The van der Waals surface area contributed by atoms with Crippen molar-refractivity contribution in [3.05, 3.63) is 65.0 Å². The molecule has 0 heterocycles. The molecule has 3 heteroatoms. The zero-order valence-electron chi connectivity index (χ0n) is 11.3. The zero-order valence-corrected chi connectivity index (χ0v) is 11.3. The second kappa shape index (κ2) is 6.74. The van der Waals surface area contributed by atoms with E-state index in [1.165, 1.54) is 17.7 Å². The van der Waals surface area contributed by atoms with Crippen molar-refractivity contribution in [1.82, 2.24) is 0 Å². The first-order valence-electron chi connectivity index (χ1n) is 6.36. The SMILES string of the molecule is Cc1cccc(COc2ccc(F)cc2C#CCN)c1. The molecule has 0 aromatic heterocycles. The van der Waals surface area contributed by atoms with Gasteiger partial charge in [-0.3, -0.25) is 0 Å². The summed E-state index contributed by atoms with van der Waals surface area (Å²) in [5.74, 6) is 5.76. The highest BCUT2D eigenvalue weighted by Crippen LogP contribution is 2.20. The van der Waals surface area contributed by atoms with Gasteiger partial charge in [0.2, 0.25) is 0 Å². The molecule has 0 saturated heterocycles. The van der Waals surface area contributed by atoms with Crippen molar-refractivity contribution in [2.45, 2.75) is 13.5 Å². The molecule has 0 aliphatic carbocycles. The minimum absolute atomic E-state index is 0.230. The molecule has 0 spiro atoms. The van der Waals surface area contributed by atoms with E-state index in [9.17, 15) is 4.39 Å². The van der Waals surface area contributed by atoms with Gasteiger partial charge in [0.05, 0.1) is 12.1 Å². The third-order valence-corrected chi connectivity index (χ3v) is 2.74. The summed E-state index contributed by atoms with van der Waals surface area (Å²) in [6.45, 7) is 2.68. The fourth-order valence-corrected chi connectivity index (χ4v) is 1.84. The van der Waals surface area contributed by atoms with E-state index < -0.39 is 0 Å².